The second-order valence-electron chi connectivity index (χ2n) is 5.62. The molecule has 1 unspecified atom stereocenters. The number of hydrogen-bond acceptors (Lipinski definition) is 6. The van der Waals surface area contributed by atoms with Crippen molar-refractivity contribution in [3.63, 3.8) is 0 Å². The number of rotatable bonds is 4. The zero-order chi connectivity index (χ0) is 16.4. The van der Waals surface area contributed by atoms with Crippen molar-refractivity contribution in [2.45, 2.75) is 26.2 Å². The van der Waals surface area contributed by atoms with Crippen molar-refractivity contribution in [1.29, 1.82) is 0 Å². The number of nitrogens with one attached hydrogen (secondary N) is 1. The summed E-state index contributed by atoms with van der Waals surface area (Å²) in [5.74, 6) is 1.68. The number of likely N-dealkylation sites (tertiary alicyclic amines) is 1. The zero-order valence-corrected chi connectivity index (χ0v) is 14.1. The maximum atomic E-state index is 11.7. The van der Waals surface area contributed by atoms with Gasteiger partial charge in [-0.1, -0.05) is 6.58 Å². The Morgan fingerprint density at radius 2 is 2.26 bits per heavy atom. The number of amides is 1. The number of carbonyl (C=O) groups is 1. The lowest BCUT2D eigenvalue weighted by atomic mass is 10.0. The van der Waals surface area contributed by atoms with Crippen molar-refractivity contribution < 1.29 is 4.79 Å². The lowest BCUT2D eigenvalue weighted by Gasteiger charge is -2.14. The third-order valence-electron chi connectivity index (χ3n) is 3.80. The normalized spacial score (nSPS) is 17.3. The van der Waals surface area contributed by atoms with Gasteiger partial charge in [-0.25, -0.2) is 15.0 Å². The first kappa shape index (κ1) is 15.6. The number of hydrogen-bond donors (Lipinski definition) is 1. The minimum absolute atomic E-state index is 0.0186. The van der Waals surface area contributed by atoms with Gasteiger partial charge < -0.3 is 10.2 Å². The maximum absolute atomic E-state index is 11.7. The second kappa shape index (κ2) is 6.45. The Labute approximate surface area is 139 Å². The molecule has 1 aliphatic heterocycles. The molecule has 1 fully saturated rings. The number of aromatic nitrogens is 3. The molecule has 1 N–H and O–H groups in total. The van der Waals surface area contributed by atoms with Crippen LogP contribution in [-0.2, 0) is 4.79 Å². The molecule has 2 aromatic heterocycles. The van der Waals surface area contributed by atoms with Crippen molar-refractivity contribution in [2.24, 2.45) is 0 Å². The summed E-state index contributed by atoms with van der Waals surface area (Å²) < 4.78 is 0. The molecular weight excluding hydrogens is 310 g/mol. The van der Waals surface area contributed by atoms with Gasteiger partial charge in [-0.05, 0) is 26.3 Å². The zero-order valence-electron chi connectivity index (χ0n) is 13.2. The van der Waals surface area contributed by atoms with Crippen LogP contribution < -0.4 is 5.32 Å². The summed E-state index contributed by atoms with van der Waals surface area (Å²) in [6, 6.07) is 1.95. The molecule has 1 aliphatic rings. The minimum Gasteiger partial charge on any atom is -0.338 e. The Hall–Kier alpha value is -2.28. The van der Waals surface area contributed by atoms with Gasteiger partial charge in [0.05, 0.1) is 11.4 Å². The van der Waals surface area contributed by atoms with Crippen LogP contribution in [0.4, 0.5) is 10.9 Å². The number of thiazole rings is 1. The highest BCUT2D eigenvalue weighted by molar-refractivity contribution is 7.13. The lowest BCUT2D eigenvalue weighted by Crippen LogP contribution is -2.26. The topological polar surface area (TPSA) is 71.0 Å². The smallest absolute Gasteiger partial charge is 0.245 e. The van der Waals surface area contributed by atoms with Crippen molar-refractivity contribution in [3.8, 4) is 0 Å². The van der Waals surface area contributed by atoms with Crippen LogP contribution in [0, 0.1) is 13.8 Å². The third kappa shape index (κ3) is 3.56. The summed E-state index contributed by atoms with van der Waals surface area (Å²) in [4.78, 5) is 26.9. The van der Waals surface area contributed by atoms with Crippen molar-refractivity contribution in [3.05, 3.63) is 41.3 Å². The van der Waals surface area contributed by atoms with E-state index in [9.17, 15) is 4.79 Å². The minimum atomic E-state index is -0.0186. The largest absolute Gasteiger partial charge is 0.338 e. The van der Waals surface area contributed by atoms with Crippen molar-refractivity contribution >= 4 is 28.2 Å². The molecule has 1 amide bonds. The summed E-state index contributed by atoms with van der Waals surface area (Å²) in [5, 5.41) is 6.05. The number of anilines is 2. The predicted molar refractivity (Wildman–Crippen MR) is 91.0 cm³/mol. The van der Waals surface area contributed by atoms with E-state index in [1.807, 2.05) is 30.2 Å². The van der Waals surface area contributed by atoms with Gasteiger partial charge in [0.1, 0.15) is 11.6 Å². The summed E-state index contributed by atoms with van der Waals surface area (Å²) in [6.07, 6.45) is 2.28. The van der Waals surface area contributed by atoms with E-state index in [1.54, 1.807) is 11.3 Å². The molecule has 0 spiro atoms. The van der Waals surface area contributed by atoms with Gasteiger partial charge in [-0.2, -0.15) is 0 Å². The monoisotopic (exact) mass is 329 g/mol. The summed E-state index contributed by atoms with van der Waals surface area (Å²) >= 11 is 1.55. The lowest BCUT2D eigenvalue weighted by molar-refractivity contribution is -0.125. The molecule has 2 aromatic rings. The standard InChI is InChI=1S/C16H19N5OS/c1-4-15(22)21-6-5-12(8-21)13-7-14(19-11(3)18-13)20-16-17-10(2)9-23-16/h4,7,9,12H,1,5-6,8H2,2-3H3,(H,17,18,19,20). The molecule has 0 aromatic carbocycles. The van der Waals surface area contributed by atoms with Crippen LogP contribution in [0.1, 0.15) is 29.6 Å². The maximum Gasteiger partial charge on any atom is 0.245 e. The van der Waals surface area contributed by atoms with E-state index < -0.39 is 0 Å². The van der Waals surface area contributed by atoms with Crippen LogP contribution in [0.3, 0.4) is 0 Å². The highest BCUT2D eigenvalue weighted by Crippen LogP contribution is 2.28. The summed E-state index contributed by atoms with van der Waals surface area (Å²) in [6.45, 7) is 8.81. The van der Waals surface area contributed by atoms with Gasteiger partial charge in [0.15, 0.2) is 5.13 Å². The Bertz CT molecular complexity index is 742. The average Bonchev–Trinajstić information content (AvgIpc) is 3.15. The van der Waals surface area contributed by atoms with E-state index in [-0.39, 0.29) is 11.8 Å². The Balaban J connectivity index is 1.78. The van der Waals surface area contributed by atoms with Crippen LogP contribution in [0.15, 0.2) is 24.1 Å². The third-order valence-corrected chi connectivity index (χ3v) is 4.68. The van der Waals surface area contributed by atoms with Gasteiger partial charge in [0.25, 0.3) is 0 Å². The molecule has 23 heavy (non-hydrogen) atoms. The number of nitrogens with zero attached hydrogens (tertiary/aromatic N) is 4. The van der Waals surface area contributed by atoms with Crippen molar-refractivity contribution in [2.75, 3.05) is 18.4 Å². The Morgan fingerprint density at radius 3 is 2.96 bits per heavy atom. The average molecular weight is 329 g/mol. The van der Waals surface area contributed by atoms with E-state index in [4.69, 9.17) is 0 Å². The molecule has 6 nitrogen and oxygen atoms in total. The van der Waals surface area contributed by atoms with E-state index in [0.717, 1.165) is 35.3 Å². The van der Waals surface area contributed by atoms with Gasteiger partial charge in [0.2, 0.25) is 5.91 Å². The second-order valence-corrected chi connectivity index (χ2v) is 6.48. The van der Waals surface area contributed by atoms with E-state index in [0.29, 0.717) is 12.4 Å². The van der Waals surface area contributed by atoms with Gasteiger partial charge in [0, 0.05) is 30.5 Å². The first-order valence-electron chi connectivity index (χ1n) is 7.51. The fourth-order valence-corrected chi connectivity index (χ4v) is 3.41. The van der Waals surface area contributed by atoms with Crippen molar-refractivity contribution in [1.82, 2.24) is 19.9 Å². The first-order valence-corrected chi connectivity index (χ1v) is 8.39. The molecule has 120 valence electrons. The van der Waals surface area contributed by atoms with Crippen LogP contribution in [-0.4, -0.2) is 38.8 Å². The fourth-order valence-electron chi connectivity index (χ4n) is 2.72. The predicted octanol–water partition coefficient (Wildman–Crippen LogP) is 2.80. The molecule has 0 bridgehead atoms. The van der Waals surface area contributed by atoms with Gasteiger partial charge in [-0.3, -0.25) is 4.79 Å². The number of aryl methyl sites for hydroxylation is 2. The highest BCUT2D eigenvalue weighted by atomic mass is 32.1. The molecule has 7 heteroatoms. The van der Waals surface area contributed by atoms with E-state index in [2.05, 4.69) is 26.8 Å². The first-order chi connectivity index (χ1) is 11.0. The summed E-state index contributed by atoms with van der Waals surface area (Å²) in [5.41, 5.74) is 1.95. The van der Waals surface area contributed by atoms with Crippen LogP contribution in [0.25, 0.3) is 0 Å². The Kier molecular flexibility index (Phi) is 4.38. The SMILES string of the molecule is C=CC(=O)N1CCC(c2cc(Nc3nc(C)cs3)nc(C)n2)C1. The molecule has 3 rings (SSSR count). The summed E-state index contributed by atoms with van der Waals surface area (Å²) in [7, 11) is 0. The van der Waals surface area contributed by atoms with Gasteiger partial charge >= 0.3 is 0 Å². The van der Waals surface area contributed by atoms with E-state index >= 15 is 0 Å². The van der Waals surface area contributed by atoms with Crippen LogP contribution in [0.2, 0.25) is 0 Å². The molecular formula is C16H19N5OS. The Morgan fingerprint density at radius 1 is 1.43 bits per heavy atom. The molecule has 3 heterocycles. The van der Waals surface area contributed by atoms with E-state index in [1.165, 1.54) is 6.08 Å². The number of carbonyl (C=O) groups excluding carboxylic acids is 1. The molecule has 1 saturated heterocycles. The fraction of sp³-hybridized carbons (Fsp3) is 0.375. The van der Waals surface area contributed by atoms with Crippen LogP contribution in [0.5, 0.6) is 0 Å². The van der Waals surface area contributed by atoms with Gasteiger partial charge in [-0.15, -0.1) is 11.3 Å². The molecule has 0 aliphatic carbocycles. The molecule has 0 saturated carbocycles. The molecule has 0 radical (unpaired) electrons. The quantitative estimate of drug-likeness (QED) is 0.873. The highest BCUT2D eigenvalue weighted by Gasteiger charge is 2.27. The molecule has 1 atom stereocenters. The van der Waals surface area contributed by atoms with Crippen LogP contribution >= 0.6 is 11.3 Å².